The van der Waals surface area contributed by atoms with E-state index in [1.807, 2.05) is 38.1 Å². The van der Waals surface area contributed by atoms with Crippen LogP contribution in [0.3, 0.4) is 0 Å². The Morgan fingerprint density at radius 2 is 1.63 bits per heavy atom. The second-order valence-electron chi connectivity index (χ2n) is 7.72. The zero-order valence-corrected chi connectivity index (χ0v) is 16.7. The molecule has 1 heterocycles. The van der Waals surface area contributed by atoms with Gasteiger partial charge in [-0.3, -0.25) is 4.79 Å². The minimum Gasteiger partial charge on any atom is -0.495 e. The van der Waals surface area contributed by atoms with E-state index in [0.29, 0.717) is 22.5 Å². The number of amides is 1. The van der Waals surface area contributed by atoms with Crippen LogP contribution in [0.2, 0.25) is 0 Å². The first-order valence-corrected chi connectivity index (χ1v) is 8.94. The van der Waals surface area contributed by atoms with E-state index in [1.165, 1.54) is 0 Å². The molecule has 0 radical (unpaired) electrons. The van der Waals surface area contributed by atoms with Gasteiger partial charge in [0.25, 0.3) is 5.91 Å². The monoisotopic (exact) mass is 363 g/mol. The van der Waals surface area contributed by atoms with Gasteiger partial charge in [-0.05, 0) is 55.2 Å². The molecular weight excluding hydrogens is 338 g/mol. The van der Waals surface area contributed by atoms with Gasteiger partial charge in [-0.2, -0.15) is 0 Å². The van der Waals surface area contributed by atoms with Crippen LogP contribution >= 0.6 is 0 Å². The Bertz CT molecular complexity index is 1020. The number of hydrogen-bond donors (Lipinski definition) is 1. The van der Waals surface area contributed by atoms with Crippen LogP contribution in [0, 0.1) is 13.8 Å². The molecule has 0 saturated carbocycles. The van der Waals surface area contributed by atoms with Gasteiger partial charge < -0.3 is 10.1 Å². The summed E-state index contributed by atoms with van der Waals surface area (Å²) in [5, 5.41) is 2.97. The van der Waals surface area contributed by atoms with E-state index in [9.17, 15) is 4.79 Å². The topological polar surface area (TPSA) is 64.1 Å². The van der Waals surface area contributed by atoms with Gasteiger partial charge in [0.2, 0.25) is 0 Å². The molecule has 140 valence electrons. The highest BCUT2D eigenvalue weighted by molar-refractivity contribution is 6.06. The molecule has 0 atom stereocenters. The lowest BCUT2D eigenvalue weighted by Gasteiger charge is -2.21. The number of ether oxygens (including phenoxy) is 1. The predicted molar refractivity (Wildman–Crippen MR) is 109 cm³/mol. The van der Waals surface area contributed by atoms with Crippen LogP contribution in [0.5, 0.6) is 5.75 Å². The molecule has 3 aromatic rings. The zero-order valence-electron chi connectivity index (χ0n) is 16.7. The van der Waals surface area contributed by atoms with Crippen molar-refractivity contribution in [2.24, 2.45) is 0 Å². The van der Waals surface area contributed by atoms with Crippen LogP contribution in [0.4, 0.5) is 5.69 Å². The SMILES string of the molecule is COc1ccc(C(C)(C)C)cc1NC(=O)c1ccc2nc(C)c(C)nc2c1. The largest absolute Gasteiger partial charge is 0.495 e. The minimum atomic E-state index is -0.207. The molecule has 2 aromatic carbocycles. The van der Waals surface area contributed by atoms with Crippen molar-refractivity contribution in [2.75, 3.05) is 12.4 Å². The van der Waals surface area contributed by atoms with Crippen LogP contribution in [0.25, 0.3) is 11.0 Å². The molecule has 0 spiro atoms. The van der Waals surface area contributed by atoms with Crippen LogP contribution in [0.1, 0.15) is 48.1 Å². The molecule has 0 bridgehead atoms. The highest BCUT2D eigenvalue weighted by Gasteiger charge is 2.18. The number of nitrogens with one attached hydrogen (secondary N) is 1. The van der Waals surface area contributed by atoms with Crippen molar-refractivity contribution in [3.63, 3.8) is 0 Å². The summed E-state index contributed by atoms with van der Waals surface area (Å²) in [5.74, 6) is 0.421. The molecule has 1 amide bonds. The first kappa shape index (κ1) is 18.8. The van der Waals surface area contributed by atoms with Crippen molar-refractivity contribution in [3.05, 3.63) is 58.9 Å². The summed E-state index contributed by atoms with van der Waals surface area (Å²) in [5.41, 5.74) is 5.52. The van der Waals surface area contributed by atoms with Crippen molar-refractivity contribution in [1.29, 1.82) is 0 Å². The average Bonchev–Trinajstić information content (AvgIpc) is 2.61. The minimum absolute atomic E-state index is 0.0281. The third-order valence-electron chi connectivity index (χ3n) is 4.65. The molecular formula is C22H25N3O2. The molecule has 0 unspecified atom stereocenters. The molecule has 0 fully saturated rings. The number of fused-ring (bicyclic) bond motifs is 1. The Balaban J connectivity index is 1.95. The second-order valence-corrected chi connectivity index (χ2v) is 7.72. The van der Waals surface area contributed by atoms with Gasteiger partial charge in [0, 0.05) is 5.56 Å². The van der Waals surface area contributed by atoms with Crippen molar-refractivity contribution in [1.82, 2.24) is 9.97 Å². The smallest absolute Gasteiger partial charge is 0.255 e. The first-order chi connectivity index (χ1) is 12.7. The maximum atomic E-state index is 12.8. The quantitative estimate of drug-likeness (QED) is 0.726. The van der Waals surface area contributed by atoms with Gasteiger partial charge in [-0.15, -0.1) is 0 Å². The van der Waals surface area contributed by atoms with E-state index in [-0.39, 0.29) is 11.3 Å². The highest BCUT2D eigenvalue weighted by Crippen LogP contribution is 2.31. The fourth-order valence-electron chi connectivity index (χ4n) is 2.84. The van der Waals surface area contributed by atoms with E-state index in [1.54, 1.807) is 19.2 Å². The summed E-state index contributed by atoms with van der Waals surface area (Å²) in [6.45, 7) is 10.2. The number of carbonyl (C=O) groups is 1. The van der Waals surface area contributed by atoms with Gasteiger partial charge in [-0.1, -0.05) is 26.8 Å². The van der Waals surface area contributed by atoms with Gasteiger partial charge in [0.05, 0.1) is 35.2 Å². The van der Waals surface area contributed by atoms with Crippen LogP contribution in [-0.4, -0.2) is 23.0 Å². The first-order valence-electron chi connectivity index (χ1n) is 8.94. The molecule has 5 nitrogen and oxygen atoms in total. The second kappa shape index (κ2) is 6.99. The number of aryl methyl sites for hydroxylation is 2. The Hall–Kier alpha value is -2.95. The third kappa shape index (κ3) is 3.92. The molecule has 1 N–H and O–H groups in total. The molecule has 0 aliphatic heterocycles. The van der Waals surface area contributed by atoms with E-state index in [2.05, 4.69) is 36.1 Å². The molecule has 5 heteroatoms. The highest BCUT2D eigenvalue weighted by atomic mass is 16.5. The summed E-state index contributed by atoms with van der Waals surface area (Å²) in [7, 11) is 1.60. The molecule has 3 rings (SSSR count). The number of carbonyl (C=O) groups excluding carboxylic acids is 1. The van der Waals surface area contributed by atoms with Crippen LogP contribution < -0.4 is 10.1 Å². The fourth-order valence-corrected chi connectivity index (χ4v) is 2.84. The lowest BCUT2D eigenvalue weighted by Crippen LogP contribution is -2.15. The molecule has 27 heavy (non-hydrogen) atoms. The molecule has 0 aliphatic carbocycles. The maximum Gasteiger partial charge on any atom is 0.255 e. The summed E-state index contributed by atoms with van der Waals surface area (Å²) in [6, 6.07) is 11.2. The number of anilines is 1. The van der Waals surface area contributed by atoms with E-state index in [4.69, 9.17) is 4.74 Å². The number of benzene rings is 2. The summed E-state index contributed by atoms with van der Waals surface area (Å²) < 4.78 is 5.41. The number of hydrogen-bond acceptors (Lipinski definition) is 4. The molecule has 1 aromatic heterocycles. The average molecular weight is 363 g/mol. The number of rotatable bonds is 3. The number of nitrogens with zero attached hydrogens (tertiary/aromatic N) is 2. The van der Waals surface area contributed by atoms with Gasteiger partial charge in [0.1, 0.15) is 5.75 Å². The summed E-state index contributed by atoms with van der Waals surface area (Å²) in [6.07, 6.45) is 0. The van der Waals surface area contributed by atoms with Gasteiger partial charge >= 0.3 is 0 Å². The maximum absolute atomic E-state index is 12.8. The van der Waals surface area contributed by atoms with Crippen LogP contribution in [-0.2, 0) is 5.41 Å². The fraction of sp³-hybridized carbons (Fsp3) is 0.318. The van der Waals surface area contributed by atoms with E-state index >= 15 is 0 Å². The lowest BCUT2D eigenvalue weighted by molar-refractivity contribution is 0.102. The zero-order chi connectivity index (χ0) is 19.8. The Kier molecular flexibility index (Phi) is 4.87. The Morgan fingerprint density at radius 3 is 2.26 bits per heavy atom. The van der Waals surface area contributed by atoms with Crippen molar-refractivity contribution < 1.29 is 9.53 Å². The van der Waals surface area contributed by atoms with Crippen LogP contribution in [0.15, 0.2) is 36.4 Å². The Morgan fingerprint density at radius 1 is 0.963 bits per heavy atom. The van der Waals surface area contributed by atoms with Crippen molar-refractivity contribution >= 4 is 22.6 Å². The summed E-state index contributed by atoms with van der Waals surface area (Å²) in [4.78, 5) is 21.9. The van der Waals surface area contributed by atoms with Crippen molar-refractivity contribution in [2.45, 2.75) is 40.0 Å². The van der Waals surface area contributed by atoms with Gasteiger partial charge in [0.15, 0.2) is 0 Å². The normalized spacial score (nSPS) is 11.5. The van der Waals surface area contributed by atoms with Crippen molar-refractivity contribution in [3.8, 4) is 5.75 Å². The third-order valence-corrected chi connectivity index (χ3v) is 4.65. The summed E-state index contributed by atoms with van der Waals surface area (Å²) >= 11 is 0. The van der Waals surface area contributed by atoms with Gasteiger partial charge in [-0.25, -0.2) is 9.97 Å². The number of methoxy groups -OCH3 is 1. The molecule has 0 saturated heterocycles. The van der Waals surface area contributed by atoms with E-state index < -0.39 is 0 Å². The lowest BCUT2D eigenvalue weighted by atomic mass is 9.87. The molecule has 0 aliphatic rings. The Labute approximate surface area is 159 Å². The number of aromatic nitrogens is 2. The predicted octanol–water partition coefficient (Wildman–Crippen LogP) is 4.81. The standard InChI is InChI=1S/C22H25N3O2/c1-13-14(2)24-18-11-15(7-9-17(18)23-13)21(26)25-19-12-16(22(3,4)5)8-10-20(19)27-6/h7-12H,1-6H3,(H,25,26). The van der Waals surface area contributed by atoms with E-state index in [0.717, 1.165) is 22.5 Å².